The Morgan fingerprint density at radius 1 is 1.12 bits per heavy atom. The maximum atomic E-state index is 13.0. The van der Waals surface area contributed by atoms with E-state index in [-0.39, 0.29) is 5.82 Å². The van der Waals surface area contributed by atoms with Crippen molar-refractivity contribution in [3.63, 3.8) is 0 Å². The summed E-state index contributed by atoms with van der Waals surface area (Å²) in [6.45, 7) is 3.50. The summed E-state index contributed by atoms with van der Waals surface area (Å²) >= 11 is 6.80. The number of nitrogens with zero attached hydrogens (tertiary/aromatic N) is 5. The summed E-state index contributed by atoms with van der Waals surface area (Å²) in [4.78, 5) is 19.9. The molecule has 1 saturated heterocycles. The lowest BCUT2D eigenvalue weighted by atomic mass is 10.1. The van der Waals surface area contributed by atoms with E-state index in [1.165, 1.54) is 23.9 Å². The minimum Gasteiger partial charge on any atom is -0.378 e. The lowest BCUT2D eigenvalue weighted by molar-refractivity contribution is 0.122. The number of benzene rings is 1. The molecule has 0 amide bonds. The van der Waals surface area contributed by atoms with Gasteiger partial charge in [0.05, 0.1) is 13.2 Å². The van der Waals surface area contributed by atoms with Crippen LogP contribution >= 0.6 is 24.0 Å². The van der Waals surface area contributed by atoms with E-state index in [1.807, 2.05) is 6.07 Å². The number of hydrogen-bond donors (Lipinski definition) is 2. The number of hydrogen-bond acceptors (Lipinski definition) is 8. The van der Waals surface area contributed by atoms with Crippen molar-refractivity contribution in [1.82, 2.24) is 25.3 Å². The SMILES string of the molecule is Fc1ccc(CCCNC(=S)Nc2nc(Sc3ncccn3)cc(N3CCOCC3)n2)cc1. The van der Waals surface area contributed by atoms with Gasteiger partial charge < -0.3 is 20.3 Å². The molecule has 8 nitrogen and oxygen atoms in total. The molecule has 172 valence electrons. The fourth-order valence-corrected chi connectivity index (χ4v) is 4.10. The molecule has 0 atom stereocenters. The van der Waals surface area contributed by atoms with Crippen LogP contribution in [0.15, 0.2) is 59.0 Å². The fourth-order valence-electron chi connectivity index (χ4n) is 3.20. The normalized spacial score (nSPS) is 13.5. The van der Waals surface area contributed by atoms with Crippen LogP contribution < -0.4 is 15.5 Å². The molecule has 0 bridgehead atoms. The summed E-state index contributed by atoms with van der Waals surface area (Å²) in [5, 5.41) is 8.05. The van der Waals surface area contributed by atoms with E-state index in [9.17, 15) is 4.39 Å². The Bertz CT molecular complexity index is 1050. The Balaban J connectivity index is 1.37. The Kier molecular flexibility index (Phi) is 8.34. The molecule has 1 aliphatic heterocycles. The highest BCUT2D eigenvalue weighted by Gasteiger charge is 2.16. The summed E-state index contributed by atoms with van der Waals surface area (Å²) in [5.74, 6) is 0.986. The molecule has 1 aliphatic rings. The van der Waals surface area contributed by atoms with Crippen LogP contribution in [0.25, 0.3) is 0 Å². The second kappa shape index (κ2) is 11.8. The van der Waals surface area contributed by atoms with E-state index in [1.54, 1.807) is 30.6 Å². The van der Waals surface area contributed by atoms with Crippen LogP contribution in [0.1, 0.15) is 12.0 Å². The average molecular weight is 486 g/mol. The second-order valence-corrected chi connectivity index (χ2v) is 8.63. The predicted octanol–water partition coefficient (Wildman–Crippen LogP) is 3.31. The van der Waals surface area contributed by atoms with Gasteiger partial charge in [0.15, 0.2) is 10.3 Å². The van der Waals surface area contributed by atoms with Gasteiger partial charge in [-0.2, -0.15) is 4.98 Å². The number of nitrogens with one attached hydrogen (secondary N) is 2. The zero-order valence-electron chi connectivity index (χ0n) is 17.9. The minimum absolute atomic E-state index is 0.224. The van der Waals surface area contributed by atoms with E-state index in [0.717, 1.165) is 42.3 Å². The molecule has 0 spiro atoms. The van der Waals surface area contributed by atoms with Gasteiger partial charge >= 0.3 is 0 Å². The van der Waals surface area contributed by atoms with Gasteiger partial charge in [0, 0.05) is 38.1 Å². The van der Waals surface area contributed by atoms with Crippen molar-refractivity contribution in [2.45, 2.75) is 23.0 Å². The third-order valence-corrected chi connectivity index (χ3v) is 5.89. The molecule has 2 aromatic heterocycles. The number of thiocarbonyl (C=S) groups is 1. The van der Waals surface area contributed by atoms with E-state index >= 15 is 0 Å². The predicted molar refractivity (Wildman–Crippen MR) is 130 cm³/mol. The Hall–Kier alpha value is -2.89. The van der Waals surface area contributed by atoms with Gasteiger partial charge in [-0.1, -0.05) is 12.1 Å². The topological polar surface area (TPSA) is 88.1 Å². The summed E-state index contributed by atoms with van der Waals surface area (Å²) < 4.78 is 18.5. The summed E-state index contributed by atoms with van der Waals surface area (Å²) in [6, 6.07) is 10.2. The Morgan fingerprint density at radius 3 is 2.64 bits per heavy atom. The first kappa shape index (κ1) is 23.3. The number of morpholine rings is 1. The maximum absolute atomic E-state index is 13.0. The van der Waals surface area contributed by atoms with Crippen molar-refractivity contribution >= 4 is 40.9 Å². The monoisotopic (exact) mass is 485 g/mol. The van der Waals surface area contributed by atoms with Gasteiger partial charge in [-0.05, 0) is 60.6 Å². The molecule has 2 N–H and O–H groups in total. The molecule has 0 unspecified atom stereocenters. The van der Waals surface area contributed by atoms with E-state index in [2.05, 4.69) is 35.5 Å². The third-order valence-electron chi connectivity index (χ3n) is 4.83. The molecule has 0 radical (unpaired) electrons. The first-order valence-electron chi connectivity index (χ1n) is 10.6. The highest BCUT2D eigenvalue weighted by molar-refractivity contribution is 7.99. The van der Waals surface area contributed by atoms with Gasteiger partial charge in [0.25, 0.3) is 0 Å². The van der Waals surface area contributed by atoms with Crippen molar-refractivity contribution in [3.8, 4) is 0 Å². The lowest BCUT2D eigenvalue weighted by Crippen LogP contribution is -2.37. The Morgan fingerprint density at radius 2 is 1.88 bits per heavy atom. The van der Waals surface area contributed by atoms with Crippen LogP contribution in [-0.2, 0) is 11.2 Å². The lowest BCUT2D eigenvalue weighted by Gasteiger charge is -2.28. The van der Waals surface area contributed by atoms with Crippen molar-refractivity contribution < 1.29 is 9.13 Å². The highest BCUT2D eigenvalue weighted by atomic mass is 32.2. The van der Waals surface area contributed by atoms with Gasteiger partial charge in [0.1, 0.15) is 16.7 Å². The van der Waals surface area contributed by atoms with Crippen LogP contribution in [0.2, 0.25) is 0 Å². The fraction of sp³-hybridized carbons (Fsp3) is 0.318. The van der Waals surface area contributed by atoms with Gasteiger partial charge in [-0.15, -0.1) is 0 Å². The number of rotatable bonds is 8. The number of aryl methyl sites for hydroxylation is 1. The van der Waals surface area contributed by atoms with Gasteiger partial charge in [0.2, 0.25) is 5.95 Å². The van der Waals surface area contributed by atoms with E-state index in [0.29, 0.717) is 36.0 Å². The summed E-state index contributed by atoms with van der Waals surface area (Å²) in [6.07, 6.45) is 5.08. The molecule has 0 saturated carbocycles. The first-order valence-corrected chi connectivity index (χ1v) is 11.8. The third kappa shape index (κ3) is 7.31. The number of aromatic nitrogens is 4. The number of halogens is 1. The van der Waals surface area contributed by atoms with Crippen molar-refractivity contribution in [2.24, 2.45) is 0 Å². The van der Waals surface area contributed by atoms with E-state index < -0.39 is 0 Å². The molecular weight excluding hydrogens is 461 g/mol. The van der Waals surface area contributed by atoms with Gasteiger partial charge in [-0.25, -0.2) is 19.3 Å². The standard InChI is InChI=1S/C22H24FN7OS2/c23-17-6-4-16(5-7-17)3-1-8-24-21(32)29-20-27-18(30-11-13-31-14-12-30)15-19(28-20)33-22-25-9-2-10-26-22/h2,4-7,9-10,15H,1,3,8,11-14H2,(H2,24,27,28,29,32). The zero-order valence-corrected chi connectivity index (χ0v) is 19.5. The Labute approximate surface area is 201 Å². The summed E-state index contributed by atoms with van der Waals surface area (Å²) in [5.41, 5.74) is 1.09. The summed E-state index contributed by atoms with van der Waals surface area (Å²) in [7, 11) is 0. The smallest absolute Gasteiger partial charge is 0.232 e. The maximum Gasteiger partial charge on any atom is 0.232 e. The van der Waals surface area contributed by atoms with E-state index in [4.69, 9.17) is 17.0 Å². The van der Waals surface area contributed by atoms with Crippen LogP contribution in [0.3, 0.4) is 0 Å². The average Bonchev–Trinajstić information content (AvgIpc) is 2.84. The molecule has 0 aliphatic carbocycles. The number of ether oxygens (including phenoxy) is 1. The van der Waals surface area contributed by atoms with Crippen LogP contribution in [0.5, 0.6) is 0 Å². The van der Waals surface area contributed by atoms with Crippen molar-refractivity contribution in [3.05, 3.63) is 60.2 Å². The zero-order chi connectivity index (χ0) is 22.9. The first-order chi connectivity index (χ1) is 16.2. The minimum atomic E-state index is -0.224. The van der Waals surface area contributed by atoms with Crippen LogP contribution in [-0.4, -0.2) is 57.9 Å². The molecule has 3 aromatic rings. The molecule has 3 heterocycles. The number of anilines is 2. The molecule has 33 heavy (non-hydrogen) atoms. The largest absolute Gasteiger partial charge is 0.378 e. The van der Waals surface area contributed by atoms with Crippen LogP contribution in [0, 0.1) is 5.82 Å². The quantitative estimate of drug-likeness (QED) is 0.214. The van der Waals surface area contributed by atoms with Gasteiger partial charge in [-0.3, -0.25) is 0 Å². The second-order valence-electron chi connectivity index (χ2n) is 7.23. The highest BCUT2D eigenvalue weighted by Crippen LogP contribution is 2.27. The molecule has 4 rings (SSSR count). The van der Waals surface area contributed by atoms with Crippen molar-refractivity contribution in [2.75, 3.05) is 43.1 Å². The molecule has 1 aromatic carbocycles. The van der Waals surface area contributed by atoms with Crippen LogP contribution in [0.4, 0.5) is 16.2 Å². The van der Waals surface area contributed by atoms with Crippen molar-refractivity contribution in [1.29, 1.82) is 0 Å². The molecular formula is C22H24FN7OS2. The molecule has 11 heteroatoms. The molecule has 1 fully saturated rings.